The van der Waals surface area contributed by atoms with Crippen molar-refractivity contribution in [3.63, 3.8) is 0 Å². The Labute approximate surface area is 286 Å². The van der Waals surface area contributed by atoms with Crippen molar-refractivity contribution in [3.05, 3.63) is 53.6 Å². The zero-order chi connectivity index (χ0) is 34.8. The van der Waals surface area contributed by atoms with Crippen LogP contribution < -0.4 is 14.8 Å². The normalized spacial score (nSPS) is 22.5. The Balaban J connectivity index is 1.61. The van der Waals surface area contributed by atoms with E-state index in [2.05, 4.69) is 10.0 Å². The second kappa shape index (κ2) is 17.3. The monoisotopic (exact) mass is 686 g/mol. The summed E-state index contributed by atoms with van der Waals surface area (Å²) in [4.78, 5) is 30.9. The summed E-state index contributed by atoms with van der Waals surface area (Å²) in [6, 6.07) is 10.7. The summed E-state index contributed by atoms with van der Waals surface area (Å²) < 4.78 is 41.7. The molecule has 0 spiro atoms. The molecule has 0 radical (unpaired) electrons. The average molecular weight is 687 g/mol. The molecule has 0 aromatic heterocycles. The fourth-order valence-corrected chi connectivity index (χ4v) is 7.31. The maximum Gasteiger partial charge on any atom is 0.317 e. The second-order valence-corrected chi connectivity index (χ2v) is 15.3. The number of likely N-dealkylation sites (N-methyl/N-ethyl adjacent to an activating group) is 1. The Hall–Kier alpha value is -3.35. The van der Waals surface area contributed by atoms with E-state index in [0.29, 0.717) is 18.9 Å². The molecule has 0 unspecified atom stereocenters. The van der Waals surface area contributed by atoms with Gasteiger partial charge in [0.15, 0.2) is 0 Å². The Morgan fingerprint density at radius 3 is 2.42 bits per heavy atom. The van der Waals surface area contributed by atoms with Crippen LogP contribution in [0.15, 0.2) is 47.4 Å². The number of aliphatic hydroxyl groups is 1. The molecular formula is C36H54N4O7S. The van der Waals surface area contributed by atoms with Crippen molar-refractivity contribution in [2.24, 2.45) is 5.92 Å². The number of fused-ring (bicyclic) bond motifs is 1. The molecule has 1 fully saturated rings. The second-order valence-electron chi connectivity index (χ2n) is 13.6. The number of aryl methyl sites for hydroxylation is 1. The summed E-state index contributed by atoms with van der Waals surface area (Å²) in [6.45, 7) is 8.37. The van der Waals surface area contributed by atoms with Gasteiger partial charge in [-0.05, 0) is 83.2 Å². The number of carbonyl (C=O) groups excluding carboxylic acids is 2. The molecule has 12 heteroatoms. The zero-order valence-corrected chi connectivity index (χ0v) is 29.9. The molecule has 1 aliphatic heterocycles. The summed E-state index contributed by atoms with van der Waals surface area (Å²) in [5, 5.41) is 13.4. The zero-order valence-electron chi connectivity index (χ0n) is 29.1. The molecule has 4 atom stereocenters. The average Bonchev–Trinajstić information content (AvgIpc) is 3.06. The van der Waals surface area contributed by atoms with Crippen molar-refractivity contribution in [2.45, 2.75) is 108 Å². The summed E-state index contributed by atoms with van der Waals surface area (Å²) in [5.41, 5.74) is 1.35. The topological polar surface area (TPSA) is 138 Å². The summed E-state index contributed by atoms with van der Waals surface area (Å²) in [7, 11) is -2.15. The Bertz CT molecular complexity index is 1460. The molecule has 2 aromatic carbocycles. The predicted molar refractivity (Wildman–Crippen MR) is 187 cm³/mol. The van der Waals surface area contributed by atoms with E-state index in [-0.39, 0.29) is 59.5 Å². The van der Waals surface area contributed by atoms with Gasteiger partial charge >= 0.3 is 6.03 Å². The third kappa shape index (κ3) is 10.3. The van der Waals surface area contributed by atoms with Crippen molar-refractivity contribution in [2.75, 3.05) is 38.1 Å². The van der Waals surface area contributed by atoms with Crippen LogP contribution in [-0.2, 0) is 14.8 Å². The summed E-state index contributed by atoms with van der Waals surface area (Å²) in [6.07, 6.45) is 7.21. The van der Waals surface area contributed by atoms with E-state index in [4.69, 9.17) is 9.47 Å². The lowest BCUT2D eigenvalue weighted by Gasteiger charge is -2.36. The van der Waals surface area contributed by atoms with Gasteiger partial charge in [-0.25, -0.2) is 13.2 Å². The van der Waals surface area contributed by atoms with Crippen LogP contribution in [0.4, 0.5) is 10.5 Å². The van der Waals surface area contributed by atoms with E-state index in [1.54, 1.807) is 48.0 Å². The molecule has 2 aromatic rings. The molecule has 3 N–H and O–H groups in total. The van der Waals surface area contributed by atoms with Crippen LogP contribution in [0.1, 0.15) is 88.1 Å². The van der Waals surface area contributed by atoms with Gasteiger partial charge in [-0.2, -0.15) is 0 Å². The first-order valence-corrected chi connectivity index (χ1v) is 18.8. The minimum atomic E-state index is -3.92. The number of benzene rings is 2. The van der Waals surface area contributed by atoms with Gasteiger partial charge < -0.3 is 29.7 Å². The van der Waals surface area contributed by atoms with Crippen LogP contribution in [0.3, 0.4) is 0 Å². The van der Waals surface area contributed by atoms with E-state index in [0.717, 1.165) is 50.5 Å². The van der Waals surface area contributed by atoms with Gasteiger partial charge in [0.25, 0.3) is 15.9 Å². The smallest absolute Gasteiger partial charge is 0.317 e. The van der Waals surface area contributed by atoms with Crippen LogP contribution in [-0.4, -0.2) is 92.9 Å². The molecule has 1 heterocycles. The van der Waals surface area contributed by atoms with Gasteiger partial charge in [0, 0.05) is 44.4 Å². The molecule has 4 rings (SSSR count). The number of hydrogen-bond acceptors (Lipinski definition) is 7. The number of ether oxygens (including phenoxy) is 2. The van der Waals surface area contributed by atoms with Crippen LogP contribution >= 0.6 is 0 Å². The molecule has 0 saturated heterocycles. The largest absolute Gasteiger partial charge is 0.490 e. The Morgan fingerprint density at radius 2 is 1.73 bits per heavy atom. The standard InChI is InChI=1S/C36H54N4O7S/c1-25-14-17-31(18-15-25)48(44,45)38-30-16-19-33-32(21-30)35(42)40(27(3)24-41)22-26(2)34(46-20-10-9-11-28(4)47-33)23-39(5)36(43)37-29-12-7-6-8-13-29/h14-19,21,26-29,34,38,41H,6-13,20,22-24H2,1-5H3,(H,37,43)/t26-,27+,28-,34-/m1/s1. The molecule has 48 heavy (non-hydrogen) atoms. The van der Waals surface area contributed by atoms with Crippen molar-refractivity contribution in [1.29, 1.82) is 0 Å². The highest BCUT2D eigenvalue weighted by Crippen LogP contribution is 2.30. The number of anilines is 1. The number of aliphatic hydroxyl groups excluding tert-OH is 1. The number of sulfonamides is 1. The van der Waals surface area contributed by atoms with E-state index in [1.807, 2.05) is 20.8 Å². The van der Waals surface area contributed by atoms with Gasteiger partial charge in [-0.3, -0.25) is 9.52 Å². The molecule has 1 saturated carbocycles. The number of hydrogen-bond donors (Lipinski definition) is 3. The van der Waals surface area contributed by atoms with Crippen LogP contribution in [0.2, 0.25) is 0 Å². The van der Waals surface area contributed by atoms with Crippen LogP contribution in [0, 0.1) is 12.8 Å². The van der Waals surface area contributed by atoms with E-state index in [1.165, 1.54) is 24.6 Å². The lowest BCUT2D eigenvalue weighted by molar-refractivity contribution is -0.0123. The van der Waals surface area contributed by atoms with E-state index >= 15 is 0 Å². The highest BCUT2D eigenvalue weighted by Gasteiger charge is 2.31. The molecular weight excluding hydrogens is 632 g/mol. The van der Waals surface area contributed by atoms with E-state index < -0.39 is 22.0 Å². The first-order chi connectivity index (χ1) is 22.9. The fourth-order valence-electron chi connectivity index (χ4n) is 6.26. The molecule has 1 aliphatic carbocycles. The first-order valence-electron chi connectivity index (χ1n) is 17.3. The molecule has 2 aliphatic rings. The molecule has 266 valence electrons. The molecule has 3 amide bonds. The highest BCUT2D eigenvalue weighted by atomic mass is 32.2. The first kappa shape index (κ1) is 37.5. The minimum Gasteiger partial charge on any atom is -0.490 e. The summed E-state index contributed by atoms with van der Waals surface area (Å²) in [5.74, 6) is -0.263. The highest BCUT2D eigenvalue weighted by molar-refractivity contribution is 7.92. The quantitative estimate of drug-likeness (QED) is 0.331. The number of amides is 3. The van der Waals surface area contributed by atoms with Crippen molar-refractivity contribution < 1.29 is 32.6 Å². The van der Waals surface area contributed by atoms with Gasteiger partial charge in [0.1, 0.15) is 5.75 Å². The minimum absolute atomic E-state index is 0.108. The SMILES string of the molecule is Cc1ccc(S(=O)(=O)Nc2ccc3c(c2)C(=O)N([C@@H](C)CO)C[C@@H](C)[C@@H](CN(C)C(=O)NC2CCCCC2)OCCCC[C@@H](C)O3)cc1. The third-order valence-corrected chi connectivity index (χ3v) is 10.8. The fraction of sp³-hybridized carbons (Fsp3) is 0.611. The lowest BCUT2D eigenvalue weighted by Crippen LogP contribution is -2.50. The van der Waals surface area contributed by atoms with Gasteiger partial charge in [0.05, 0.1) is 35.3 Å². The number of nitrogens with zero attached hydrogens (tertiary/aromatic N) is 2. The van der Waals surface area contributed by atoms with Crippen LogP contribution in [0.5, 0.6) is 5.75 Å². The molecule has 11 nitrogen and oxygen atoms in total. The van der Waals surface area contributed by atoms with Crippen molar-refractivity contribution in [1.82, 2.24) is 15.1 Å². The number of carbonyl (C=O) groups is 2. The third-order valence-electron chi connectivity index (χ3n) is 9.37. The molecule has 0 bridgehead atoms. The van der Waals surface area contributed by atoms with Crippen LogP contribution in [0.25, 0.3) is 0 Å². The lowest BCUT2D eigenvalue weighted by atomic mass is 9.96. The van der Waals surface area contributed by atoms with Crippen molar-refractivity contribution >= 4 is 27.6 Å². The predicted octanol–water partition coefficient (Wildman–Crippen LogP) is 5.57. The Kier molecular flexibility index (Phi) is 13.5. The Morgan fingerprint density at radius 1 is 1.04 bits per heavy atom. The van der Waals surface area contributed by atoms with Gasteiger partial charge in [0.2, 0.25) is 0 Å². The number of rotatable bonds is 8. The summed E-state index contributed by atoms with van der Waals surface area (Å²) >= 11 is 0. The van der Waals surface area contributed by atoms with Gasteiger partial charge in [-0.1, -0.05) is 43.9 Å². The number of urea groups is 1. The van der Waals surface area contributed by atoms with Gasteiger partial charge in [-0.15, -0.1) is 0 Å². The number of nitrogens with one attached hydrogen (secondary N) is 2. The van der Waals surface area contributed by atoms with E-state index in [9.17, 15) is 23.1 Å². The maximum atomic E-state index is 14.4. The maximum absolute atomic E-state index is 14.4. The van der Waals surface area contributed by atoms with Crippen molar-refractivity contribution in [3.8, 4) is 5.75 Å².